The van der Waals surface area contributed by atoms with Gasteiger partial charge in [0.25, 0.3) is 5.91 Å². The Hall–Kier alpha value is -2.14. The van der Waals surface area contributed by atoms with Crippen molar-refractivity contribution in [3.8, 4) is 0 Å². The normalized spacial score (nSPS) is 16.3. The lowest BCUT2D eigenvalue weighted by atomic mass is 10.0. The topological polar surface area (TPSA) is 46.6 Å². The number of carbonyl (C=O) groups excluding carboxylic acids is 2. The molecule has 1 aromatic carbocycles. The third-order valence-corrected chi connectivity index (χ3v) is 4.25. The Morgan fingerprint density at radius 2 is 2.12 bits per heavy atom. The molecule has 1 aliphatic rings. The predicted molar refractivity (Wildman–Crippen MR) is 90.7 cm³/mol. The van der Waals surface area contributed by atoms with E-state index in [2.05, 4.69) is 0 Å². The molecule has 0 bridgehead atoms. The van der Waals surface area contributed by atoms with E-state index in [0.717, 1.165) is 12.8 Å². The second-order valence-electron chi connectivity index (χ2n) is 5.46. The third-order valence-electron chi connectivity index (χ3n) is 3.92. The number of rotatable bonds is 5. The first-order valence-corrected chi connectivity index (χ1v) is 8.07. The Labute approximate surface area is 145 Å². The summed E-state index contributed by atoms with van der Waals surface area (Å²) in [6.45, 7) is 4.18. The fourth-order valence-corrected chi connectivity index (χ4v) is 2.82. The molecule has 128 valence electrons. The largest absolute Gasteiger partial charge is 0.465 e. The van der Waals surface area contributed by atoms with Gasteiger partial charge in [-0.25, -0.2) is 9.18 Å². The summed E-state index contributed by atoms with van der Waals surface area (Å²) >= 11 is 6.03. The van der Waals surface area contributed by atoms with Crippen LogP contribution in [0.15, 0.2) is 35.0 Å². The lowest BCUT2D eigenvalue weighted by molar-refractivity contribution is -0.136. The number of hydrogen-bond acceptors (Lipinski definition) is 3. The molecule has 0 fully saturated rings. The number of carbonyl (C=O) groups is 2. The second-order valence-corrected chi connectivity index (χ2v) is 5.86. The maximum absolute atomic E-state index is 14.1. The molecule has 0 saturated heterocycles. The minimum absolute atomic E-state index is 0.0778. The fraction of sp³-hybridized carbons (Fsp3) is 0.333. The Morgan fingerprint density at radius 3 is 2.71 bits per heavy atom. The van der Waals surface area contributed by atoms with Crippen LogP contribution in [0.1, 0.15) is 32.3 Å². The van der Waals surface area contributed by atoms with Gasteiger partial charge in [0.1, 0.15) is 5.82 Å². The van der Waals surface area contributed by atoms with E-state index >= 15 is 0 Å². The molecule has 0 aliphatic carbocycles. The first-order chi connectivity index (χ1) is 11.4. The second kappa shape index (κ2) is 7.62. The van der Waals surface area contributed by atoms with Crippen molar-refractivity contribution in [2.45, 2.75) is 26.7 Å². The molecule has 0 spiro atoms. The maximum atomic E-state index is 14.1. The highest BCUT2D eigenvalue weighted by atomic mass is 35.5. The van der Waals surface area contributed by atoms with Gasteiger partial charge in [-0.1, -0.05) is 31.0 Å². The smallest absolute Gasteiger partial charge is 0.340 e. The number of methoxy groups -OCH3 is 1. The van der Waals surface area contributed by atoms with Crippen LogP contribution < -0.4 is 0 Å². The van der Waals surface area contributed by atoms with Gasteiger partial charge in [0.2, 0.25) is 0 Å². The number of ether oxygens (including phenoxy) is 1. The van der Waals surface area contributed by atoms with Crippen LogP contribution in [0.5, 0.6) is 0 Å². The monoisotopic (exact) mass is 351 g/mol. The van der Waals surface area contributed by atoms with E-state index in [0.29, 0.717) is 12.2 Å². The molecular weight excluding hydrogens is 333 g/mol. The first-order valence-electron chi connectivity index (χ1n) is 7.69. The highest BCUT2D eigenvalue weighted by Gasteiger charge is 2.36. The summed E-state index contributed by atoms with van der Waals surface area (Å²) in [6, 6.07) is 4.26. The van der Waals surface area contributed by atoms with Crippen molar-refractivity contribution in [2.24, 2.45) is 0 Å². The lowest BCUT2D eigenvalue weighted by Gasteiger charge is -2.17. The van der Waals surface area contributed by atoms with E-state index in [1.54, 1.807) is 6.92 Å². The van der Waals surface area contributed by atoms with Crippen LogP contribution in [0.25, 0.3) is 6.08 Å². The molecule has 0 unspecified atom stereocenters. The van der Waals surface area contributed by atoms with E-state index in [-0.39, 0.29) is 27.6 Å². The summed E-state index contributed by atoms with van der Waals surface area (Å²) < 4.78 is 18.8. The average Bonchev–Trinajstić information content (AvgIpc) is 2.79. The number of unbranched alkanes of at least 4 members (excludes halogenated alkanes) is 1. The van der Waals surface area contributed by atoms with Crippen molar-refractivity contribution < 1.29 is 18.7 Å². The quantitative estimate of drug-likeness (QED) is 0.596. The number of nitrogens with zero attached hydrogens (tertiary/aromatic N) is 1. The predicted octanol–water partition coefficient (Wildman–Crippen LogP) is 3.95. The molecule has 1 aliphatic heterocycles. The summed E-state index contributed by atoms with van der Waals surface area (Å²) in [5.74, 6) is -1.53. The van der Waals surface area contributed by atoms with Crippen molar-refractivity contribution in [1.82, 2.24) is 4.90 Å². The van der Waals surface area contributed by atoms with Crippen molar-refractivity contribution in [3.05, 3.63) is 51.4 Å². The summed E-state index contributed by atoms with van der Waals surface area (Å²) in [7, 11) is 1.25. The lowest BCUT2D eigenvalue weighted by Crippen LogP contribution is -2.26. The third kappa shape index (κ3) is 3.36. The van der Waals surface area contributed by atoms with Gasteiger partial charge in [-0.3, -0.25) is 4.79 Å². The zero-order chi connectivity index (χ0) is 17.9. The van der Waals surface area contributed by atoms with Gasteiger partial charge in [0.05, 0.1) is 23.3 Å². The molecule has 1 amide bonds. The molecule has 0 aromatic heterocycles. The van der Waals surface area contributed by atoms with Crippen molar-refractivity contribution >= 4 is 29.6 Å². The van der Waals surface area contributed by atoms with Crippen LogP contribution >= 0.6 is 11.6 Å². The zero-order valence-corrected chi connectivity index (χ0v) is 14.6. The van der Waals surface area contributed by atoms with Gasteiger partial charge >= 0.3 is 5.97 Å². The Balaban J connectivity index is 2.56. The standard InChI is InChI=1S/C18H19ClFNO3/c1-4-5-9-21-11(2)16(18(23)24-3)13(17(21)22)10-12-14(19)7-6-8-15(12)20/h6-8,10H,4-5,9H2,1-3H3/b13-10-. The summed E-state index contributed by atoms with van der Waals surface area (Å²) in [5, 5.41) is 0.171. The Kier molecular flexibility index (Phi) is 5.78. The number of esters is 1. The van der Waals surface area contributed by atoms with Crippen LogP contribution in [0.3, 0.4) is 0 Å². The van der Waals surface area contributed by atoms with E-state index in [1.807, 2.05) is 6.92 Å². The average molecular weight is 352 g/mol. The van der Waals surface area contributed by atoms with Gasteiger partial charge in [0, 0.05) is 17.8 Å². The summed E-state index contributed by atoms with van der Waals surface area (Å²) in [6.07, 6.45) is 3.02. The highest BCUT2D eigenvalue weighted by molar-refractivity contribution is 6.32. The molecular formula is C18H19ClFNO3. The van der Waals surface area contributed by atoms with Gasteiger partial charge in [-0.15, -0.1) is 0 Å². The molecule has 0 saturated carbocycles. The molecule has 2 rings (SSSR count). The van der Waals surface area contributed by atoms with E-state index in [1.165, 1.54) is 36.3 Å². The van der Waals surface area contributed by atoms with Crippen LogP contribution in [-0.2, 0) is 14.3 Å². The molecule has 6 heteroatoms. The molecule has 4 nitrogen and oxygen atoms in total. The Bertz CT molecular complexity index is 720. The summed E-state index contributed by atoms with van der Waals surface area (Å²) in [4.78, 5) is 26.4. The van der Waals surface area contributed by atoms with Gasteiger partial charge in [0.15, 0.2) is 0 Å². The number of amides is 1. The SMILES string of the molecule is CCCCN1C(=O)/C(=C\c2c(F)cccc2Cl)C(C(=O)OC)=C1C. The van der Waals surface area contributed by atoms with Crippen LogP contribution in [0.2, 0.25) is 5.02 Å². The Morgan fingerprint density at radius 1 is 1.42 bits per heavy atom. The number of hydrogen-bond donors (Lipinski definition) is 0. The highest BCUT2D eigenvalue weighted by Crippen LogP contribution is 2.33. The van der Waals surface area contributed by atoms with Crippen molar-refractivity contribution in [3.63, 3.8) is 0 Å². The molecule has 1 heterocycles. The minimum Gasteiger partial charge on any atom is -0.465 e. The first kappa shape index (κ1) is 18.2. The number of benzene rings is 1. The number of halogens is 2. The van der Waals surface area contributed by atoms with Gasteiger partial charge < -0.3 is 9.64 Å². The molecule has 0 N–H and O–H groups in total. The maximum Gasteiger partial charge on any atom is 0.340 e. The van der Waals surface area contributed by atoms with Gasteiger partial charge in [-0.05, 0) is 31.6 Å². The number of allylic oxidation sites excluding steroid dienone is 1. The minimum atomic E-state index is -0.626. The van der Waals surface area contributed by atoms with Gasteiger partial charge in [-0.2, -0.15) is 0 Å². The van der Waals surface area contributed by atoms with E-state index in [9.17, 15) is 14.0 Å². The fourth-order valence-electron chi connectivity index (χ4n) is 2.61. The zero-order valence-electron chi connectivity index (χ0n) is 13.9. The van der Waals surface area contributed by atoms with Crippen LogP contribution in [0, 0.1) is 5.82 Å². The van der Waals surface area contributed by atoms with Crippen LogP contribution in [-0.4, -0.2) is 30.4 Å². The van der Waals surface area contributed by atoms with Crippen molar-refractivity contribution in [2.75, 3.05) is 13.7 Å². The molecule has 0 radical (unpaired) electrons. The molecule has 24 heavy (non-hydrogen) atoms. The summed E-state index contributed by atoms with van der Waals surface area (Å²) in [5.41, 5.74) is 0.841. The van der Waals surface area contributed by atoms with E-state index in [4.69, 9.17) is 16.3 Å². The van der Waals surface area contributed by atoms with Crippen molar-refractivity contribution in [1.29, 1.82) is 0 Å². The van der Waals surface area contributed by atoms with Crippen LogP contribution in [0.4, 0.5) is 4.39 Å². The molecule has 0 atom stereocenters. The van der Waals surface area contributed by atoms with E-state index < -0.39 is 11.8 Å². The molecule has 1 aromatic rings.